The fourth-order valence-electron chi connectivity index (χ4n) is 4.13. The fourth-order valence-corrected chi connectivity index (χ4v) is 4.13. The molecule has 0 heterocycles. The standard InChI is InChI=1S/C29H29N3O2/c1-18-9-5-8-12-26(18)31-21(4)32-29(34)23-15-13-22(14-16-23)17-30-27-20(3)19(2)24-10-6-7-11-25(24)28(27)33/h5,8-16,30-31H,2,4,6-7,17H2,1,3H3,(H,32,34). The molecule has 0 saturated heterocycles. The molecule has 0 spiro atoms. The van der Waals surface area contributed by atoms with Crippen LogP contribution in [0.25, 0.3) is 0 Å². The Bertz CT molecular complexity index is 1280. The number of fused-ring (bicyclic) bond motifs is 1. The maximum Gasteiger partial charge on any atom is 0.256 e. The number of aryl methyl sites for hydroxylation is 1. The van der Waals surface area contributed by atoms with Gasteiger partial charge in [-0.1, -0.05) is 55.6 Å². The Morgan fingerprint density at radius 3 is 2.35 bits per heavy atom. The van der Waals surface area contributed by atoms with E-state index in [1.54, 1.807) is 12.1 Å². The molecule has 0 aliphatic heterocycles. The van der Waals surface area contributed by atoms with Crippen molar-refractivity contribution < 1.29 is 9.59 Å². The highest BCUT2D eigenvalue weighted by Crippen LogP contribution is 2.36. The van der Waals surface area contributed by atoms with Gasteiger partial charge in [-0.3, -0.25) is 9.59 Å². The van der Waals surface area contributed by atoms with E-state index in [2.05, 4.69) is 35.2 Å². The first-order valence-electron chi connectivity index (χ1n) is 11.4. The molecule has 0 bridgehead atoms. The number of carbonyl (C=O) groups is 2. The summed E-state index contributed by atoms with van der Waals surface area (Å²) >= 11 is 0. The average Bonchev–Trinajstić information content (AvgIpc) is 2.84. The first-order valence-corrected chi connectivity index (χ1v) is 11.4. The number of ketones is 1. The van der Waals surface area contributed by atoms with Crippen molar-refractivity contribution in [3.05, 3.63) is 124 Å². The second kappa shape index (κ2) is 9.79. The maximum atomic E-state index is 13.0. The van der Waals surface area contributed by atoms with E-state index in [0.29, 0.717) is 23.6 Å². The van der Waals surface area contributed by atoms with Crippen LogP contribution < -0.4 is 16.0 Å². The molecule has 2 aromatic rings. The fraction of sp³-hybridized carbons (Fsp3) is 0.172. The number of allylic oxidation sites excluding steroid dienone is 6. The summed E-state index contributed by atoms with van der Waals surface area (Å²) in [5.74, 6) is 0.187. The second-order valence-electron chi connectivity index (χ2n) is 8.54. The lowest BCUT2D eigenvalue weighted by molar-refractivity contribution is -0.112. The minimum atomic E-state index is -0.244. The summed E-state index contributed by atoms with van der Waals surface area (Å²) in [7, 11) is 0. The first-order chi connectivity index (χ1) is 16.3. The number of nitrogens with one attached hydrogen (secondary N) is 3. The van der Waals surface area contributed by atoms with Crippen LogP contribution in [0.15, 0.2) is 108 Å². The second-order valence-corrected chi connectivity index (χ2v) is 8.54. The molecule has 34 heavy (non-hydrogen) atoms. The molecule has 2 aliphatic rings. The Labute approximate surface area is 200 Å². The van der Waals surface area contributed by atoms with Crippen LogP contribution in [0.3, 0.4) is 0 Å². The van der Waals surface area contributed by atoms with Crippen LogP contribution in [0.1, 0.15) is 41.3 Å². The van der Waals surface area contributed by atoms with Crippen molar-refractivity contribution in [1.82, 2.24) is 10.6 Å². The van der Waals surface area contributed by atoms with E-state index >= 15 is 0 Å². The van der Waals surface area contributed by atoms with Gasteiger partial charge in [-0.05, 0) is 72.7 Å². The van der Waals surface area contributed by atoms with Crippen molar-refractivity contribution in [3.63, 3.8) is 0 Å². The lowest BCUT2D eigenvalue weighted by Gasteiger charge is -2.27. The Morgan fingerprint density at radius 2 is 1.65 bits per heavy atom. The number of benzene rings is 2. The summed E-state index contributed by atoms with van der Waals surface area (Å²) in [6.45, 7) is 12.5. The van der Waals surface area contributed by atoms with E-state index in [9.17, 15) is 9.59 Å². The quantitative estimate of drug-likeness (QED) is 0.523. The van der Waals surface area contributed by atoms with Gasteiger partial charge in [0.15, 0.2) is 0 Å². The van der Waals surface area contributed by atoms with Gasteiger partial charge in [-0.2, -0.15) is 0 Å². The largest absolute Gasteiger partial charge is 0.378 e. The van der Waals surface area contributed by atoms with E-state index in [0.717, 1.165) is 51.9 Å². The maximum absolute atomic E-state index is 13.0. The van der Waals surface area contributed by atoms with Crippen molar-refractivity contribution in [2.75, 3.05) is 5.32 Å². The third-order valence-electron chi connectivity index (χ3n) is 6.16. The number of Topliss-reactive ketones (excluding diaryl/α,β-unsaturated/α-hetero) is 1. The third kappa shape index (κ3) is 4.79. The SMILES string of the molecule is C=C(NC(=O)c1ccc(CNC2=C(C)C(=C)C3=CCCC=C3C2=O)cc1)Nc1ccccc1C. The Morgan fingerprint density at radius 1 is 0.971 bits per heavy atom. The zero-order valence-electron chi connectivity index (χ0n) is 19.6. The number of amides is 1. The van der Waals surface area contributed by atoms with Crippen LogP contribution in [0, 0.1) is 6.92 Å². The molecule has 0 aromatic heterocycles. The van der Waals surface area contributed by atoms with Crippen LogP contribution >= 0.6 is 0 Å². The van der Waals surface area contributed by atoms with Crippen molar-refractivity contribution in [2.24, 2.45) is 0 Å². The summed E-state index contributed by atoms with van der Waals surface area (Å²) in [6.07, 6.45) is 5.92. The molecular weight excluding hydrogens is 422 g/mol. The van der Waals surface area contributed by atoms with Gasteiger partial charge in [-0.15, -0.1) is 0 Å². The van der Waals surface area contributed by atoms with E-state index in [4.69, 9.17) is 0 Å². The summed E-state index contributed by atoms with van der Waals surface area (Å²) in [5, 5.41) is 9.20. The number of hydrogen-bond acceptors (Lipinski definition) is 4. The molecule has 5 nitrogen and oxygen atoms in total. The molecule has 3 N–H and O–H groups in total. The topological polar surface area (TPSA) is 70.2 Å². The summed E-state index contributed by atoms with van der Waals surface area (Å²) in [4.78, 5) is 25.6. The van der Waals surface area contributed by atoms with Crippen molar-refractivity contribution >= 4 is 17.4 Å². The van der Waals surface area contributed by atoms with Crippen molar-refractivity contribution in [3.8, 4) is 0 Å². The van der Waals surface area contributed by atoms with E-state index in [1.807, 2.05) is 56.3 Å². The molecule has 0 radical (unpaired) electrons. The lowest BCUT2D eigenvalue weighted by atomic mass is 9.80. The molecule has 172 valence electrons. The predicted molar refractivity (Wildman–Crippen MR) is 137 cm³/mol. The zero-order chi connectivity index (χ0) is 24.2. The smallest absolute Gasteiger partial charge is 0.256 e. The summed E-state index contributed by atoms with van der Waals surface area (Å²) in [5.41, 5.74) is 7.53. The first kappa shape index (κ1) is 23.1. The monoisotopic (exact) mass is 451 g/mol. The minimum Gasteiger partial charge on any atom is -0.378 e. The van der Waals surface area contributed by atoms with Gasteiger partial charge >= 0.3 is 0 Å². The van der Waals surface area contributed by atoms with Crippen LogP contribution in [0.5, 0.6) is 0 Å². The van der Waals surface area contributed by atoms with Gasteiger partial charge < -0.3 is 16.0 Å². The van der Waals surface area contributed by atoms with Crippen molar-refractivity contribution in [1.29, 1.82) is 0 Å². The highest BCUT2D eigenvalue weighted by Gasteiger charge is 2.29. The summed E-state index contributed by atoms with van der Waals surface area (Å²) in [6, 6.07) is 15.1. The van der Waals surface area contributed by atoms with Crippen LogP contribution in [0.2, 0.25) is 0 Å². The molecule has 0 saturated carbocycles. The third-order valence-corrected chi connectivity index (χ3v) is 6.16. The molecular formula is C29H29N3O2. The number of hydrogen-bond donors (Lipinski definition) is 3. The molecule has 4 rings (SSSR count). The highest BCUT2D eigenvalue weighted by molar-refractivity contribution is 6.15. The number of rotatable bonds is 7. The molecule has 0 fully saturated rings. The van der Waals surface area contributed by atoms with Gasteiger partial charge in [0.25, 0.3) is 5.91 Å². The molecule has 1 amide bonds. The molecule has 0 unspecified atom stereocenters. The molecule has 2 aliphatic carbocycles. The highest BCUT2D eigenvalue weighted by atomic mass is 16.1. The Kier molecular flexibility index (Phi) is 6.64. The molecule has 2 aromatic carbocycles. The van der Waals surface area contributed by atoms with Crippen LogP contribution in [-0.4, -0.2) is 11.7 Å². The predicted octanol–water partition coefficient (Wildman–Crippen LogP) is 5.46. The number of anilines is 1. The van der Waals surface area contributed by atoms with E-state index in [-0.39, 0.29) is 11.7 Å². The Hall–Kier alpha value is -4.12. The van der Waals surface area contributed by atoms with Gasteiger partial charge in [0.2, 0.25) is 5.78 Å². The van der Waals surface area contributed by atoms with Gasteiger partial charge in [0.1, 0.15) is 5.82 Å². The normalized spacial score (nSPS) is 15.2. The summed E-state index contributed by atoms with van der Waals surface area (Å²) < 4.78 is 0. The van der Waals surface area contributed by atoms with Crippen molar-refractivity contribution in [2.45, 2.75) is 33.2 Å². The van der Waals surface area contributed by atoms with Crippen LogP contribution in [-0.2, 0) is 11.3 Å². The Balaban J connectivity index is 1.37. The van der Waals surface area contributed by atoms with Gasteiger partial charge in [0.05, 0.1) is 5.70 Å². The van der Waals surface area contributed by atoms with Gasteiger partial charge in [-0.25, -0.2) is 0 Å². The average molecular weight is 452 g/mol. The number of para-hydroxylation sites is 1. The molecule has 5 heteroatoms. The lowest BCUT2D eigenvalue weighted by Crippen LogP contribution is -2.28. The van der Waals surface area contributed by atoms with Crippen LogP contribution in [0.4, 0.5) is 5.69 Å². The van der Waals surface area contributed by atoms with Gasteiger partial charge in [0, 0.05) is 23.4 Å². The zero-order valence-corrected chi connectivity index (χ0v) is 19.6. The van der Waals surface area contributed by atoms with E-state index < -0.39 is 0 Å². The molecule has 0 atom stereocenters. The van der Waals surface area contributed by atoms with E-state index in [1.165, 1.54) is 0 Å². The minimum absolute atomic E-state index is 0.0199. The number of carbonyl (C=O) groups excluding carboxylic acids is 2.